The molecule has 2 unspecified atom stereocenters. The molecule has 2 aromatic heterocycles. The summed E-state index contributed by atoms with van der Waals surface area (Å²) in [7, 11) is 0. The van der Waals surface area contributed by atoms with E-state index in [1.54, 1.807) is 0 Å². The number of hydrogen-bond acceptors (Lipinski definition) is 6. The van der Waals surface area contributed by atoms with Gasteiger partial charge in [-0.25, -0.2) is 4.98 Å². The lowest BCUT2D eigenvalue weighted by Crippen LogP contribution is -2.59. The summed E-state index contributed by atoms with van der Waals surface area (Å²) < 4.78 is 2.07. The van der Waals surface area contributed by atoms with Crippen molar-refractivity contribution >= 4 is 5.82 Å². The minimum atomic E-state index is -0.217. The van der Waals surface area contributed by atoms with E-state index < -0.39 is 0 Å². The molecule has 152 valence electrons. The number of nitrogens with zero attached hydrogens (tertiary/aromatic N) is 6. The van der Waals surface area contributed by atoms with E-state index in [2.05, 4.69) is 49.4 Å². The van der Waals surface area contributed by atoms with Gasteiger partial charge >= 0.3 is 0 Å². The van der Waals surface area contributed by atoms with Gasteiger partial charge in [-0.15, -0.1) is 0 Å². The lowest BCUT2D eigenvalue weighted by atomic mass is 10.0. The van der Waals surface area contributed by atoms with Gasteiger partial charge in [0.05, 0.1) is 18.5 Å². The van der Waals surface area contributed by atoms with Gasteiger partial charge in [0.25, 0.3) is 0 Å². The van der Waals surface area contributed by atoms with Crippen molar-refractivity contribution in [3.05, 3.63) is 41.9 Å². The van der Waals surface area contributed by atoms with Gasteiger partial charge in [0.2, 0.25) is 0 Å². The second-order valence-corrected chi connectivity index (χ2v) is 7.92. The zero-order valence-electron chi connectivity index (χ0n) is 17.0. The van der Waals surface area contributed by atoms with Crippen LogP contribution < -0.4 is 4.90 Å². The summed E-state index contributed by atoms with van der Waals surface area (Å²) in [6.45, 7) is 11.2. The smallest absolute Gasteiger partial charge is 0.129 e. The third-order valence-corrected chi connectivity index (χ3v) is 6.22. The van der Waals surface area contributed by atoms with Crippen molar-refractivity contribution in [3.8, 4) is 0 Å². The number of aromatic nitrogens is 3. The highest BCUT2D eigenvalue weighted by Gasteiger charge is 2.34. The zero-order chi connectivity index (χ0) is 19.5. The Morgan fingerprint density at radius 3 is 2.64 bits per heavy atom. The Labute approximate surface area is 167 Å². The molecule has 4 rings (SSSR count). The quantitative estimate of drug-likeness (QED) is 0.847. The fourth-order valence-corrected chi connectivity index (χ4v) is 4.48. The maximum Gasteiger partial charge on any atom is 0.129 e. The number of pyridine rings is 1. The number of aliphatic hydroxyl groups is 1. The van der Waals surface area contributed by atoms with Crippen LogP contribution in [-0.4, -0.2) is 74.7 Å². The Hall–Kier alpha value is -1.96. The highest BCUT2D eigenvalue weighted by Crippen LogP contribution is 2.26. The van der Waals surface area contributed by atoms with Crippen LogP contribution in [0.5, 0.6) is 0 Å². The standard InChI is InChI=1S/C21H32N6O/c1-3-27-17(2)18(15-23-27)16-24-10-12-25(13-11-24)21-14-19(28)7-9-26(21)20-6-4-5-8-22-20/h4-6,8,15,19,21,28H,3,7,9-14,16H2,1-2H3. The van der Waals surface area contributed by atoms with Gasteiger partial charge in [0.1, 0.15) is 5.82 Å². The predicted octanol–water partition coefficient (Wildman–Crippen LogP) is 1.71. The molecule has 2 aromatic rings. The Kier molecular flexibility index (Phi) is 5.94. The third-order valence-electron chi connectivity index (χ3n) is 6.22. The summed E-state index contributed by atoms with van der Waals surface area (Å²) in [6.07, 6.45) is 5.49. The Morgan fingerprint density at radius 2 is 1.96 bits per heavy atom. The van der Waals surface area contributed by atoms with E-state index >= 15 is 0 Å². The fourth-order valence-electron chi connectivity index (χ4n) is 4.48. The lowest BCUT2D eigenvalue weighted by Gasteiger charge is -2.47. The number of piperazine rings is 1. The van der Waals surface area contributed by atoms with E-state index in [4.69, 9.17) is 0 Å². The molecular formula is C21H32N6O. The van der Waals surface area contributed by atoms with E-state index in [1.165, 1.54) is 11.3 Å². The minimum absolute atomic E-state index is 0.217. The van der Waals surface area contributed by atoms with Crippen molar-refractivity contribution in [2.24, 2.45) is 0 Å². The first-order chi connectivity index (χ1) is 13.7. The van der Waals surface area contributed by atoms with Gasteiger partial charge < -0.3 is 10.0 Å². The van der Waals surface area contributed by atoms with Crippen molar-refractivity contribution in [2.45, 2.75) is 52.0 Å². The van der Waals surface area contributed by atoms with Crippen LogP contribution in [0.2, 0.25) is 0 Å². The van der Waals surface area contributed by atoms with Gasteiger partial charge in [0.15, 0.2) is 0 Å². The van der Waals surface area contributed by atoms with Crippen molar-refractivity contribution in [2.75, 3.05) is 37.6 Å². The largest absolute Gasteiger partial charge is 0.393 e. The van der Waals surface area contributed by atoms with E-state index in [9.17, 15) is 5.11 Å². The molecule has 2 fully saturated rings. The first kappa shape index (κ1) is 19.4. The molecule has 7 nitrogen and oxygen atoms in total. The molecule has 2 aliphatic rings. The summed E-state index contributed by atoms with van der Waals surface area (Å²) in [5, 5.41) is 14.8. The average molecular weight is 385 g/mol. The lowest BCUT2D eigenvalue weighted by molar-refractivity contribution is 0.0385. The molecule has 0 amide bonds. The number of hydrogen-bond donors (Lipinski definition) is 1. The summed E-state index contributed by atoms with van der Waals surface area (Å²) in [5.41, 5.74) is 2.61. The molecule has 4 heterocycles. The number of piperidine rings is 1. The number of aliphatic hydroxyl groups excluding tert-OH is 1. The first-order valence-corrected chi connectivity index (χ1v) is 10.5. The molecule has 0 saturated carbocycles. The average Bonchev–Trinajstić information content (AvgIpc) is 3.08. The van der Waals surface area contributed by atoms with Gasteiger partial charge in [-0.3, -0.25) is 14.5 Å². The normalized spacial score (nSPS) is 24.6. The van der Waals surface area contributed by atoms with Crippen LogP contribution in [0, 0.1) is 6.92 Å². The highest BCUT2D eigenvalue weighted by atomic mass is 16.3. The Morgan fingerprint density at radius 1 is 1.14 bits per heavy atom. The molecule has 2 saturated heterocycles. The summed E-state index contributed by atoms with van der Waals surface area (Å²) >= 11 is 0. The molecule has 1 N–H and O–H groups in total. The van der Waals surface area contributed by atoms with Crippen LogP contribution in [0.3, 0.4) is 0 Å². The number of rotatable bonds is 5. The second kappa shape index (κ2) is 8.59. The maximum absolute atomic E-state index is 10.3. The first-order valence-electron chi connectivity index (χ1n) is 10.5. The van der Waals surface area contributed by atoms with Crippen molar-refractivity contribution < 1.29 is 5.11 Å². The SMILES string of the molecule is CCn1ncc(CN2CCN(C3CC(O)CCN3c3ccccn3)CC2)c1C. The van der Waals surface area contributed by atoms with Crippen molar-refractivity contribution in [1.29, 1.82) is 0 Å². The minimum Gasteiger partial charge on any atom is -0.393 e. The summed E-state index contributed by atoms with van der Waals surface area (Å²) in [5.74, 6) is 1.02. The zero-order valence-corrected chi connectivity index (χ0v) is 17.0. The van der Waals surface area contributed by atoms with Crippen LogP contribution in [0.4, 0.5) is 5.82 Å². The van der Waals surface area contributed by atoms with Gasteiger partial charge in [-0.2, -0.15) is 5.10 Å². The predicted molar refractivity (Wildman–Crippen MR) is 110 cm³/mol. The maximum atomic E-state index is 10.3. The van der Waals surface area contributed by atoms with Crippen LogP contribution >= 0.6 is 0 Å². The molecule has 0 radical (unpaired) electrons. The Bertz CT molecular complexity index is 756. The molecule has 0 aromatic carbocycles. The molecular weight excluding hydrogens is 352 g/mol. The van der Waals surface area contributed by atoms with E-state index in [1.807, 2.05) is 24.5 Å². The fraction of sp³-hybridized carbons (Fsp3) is 0.619. The van der Waals surface area contributed by atoms with Gasteiger partial charge in [0, 0.05) is 69.7 Å². The molecule has 2 atom stereocenters. The molecule has 0 spiro atoms. The van der Waals surface area contributed by atoms with Crippen LogP contribution in [0.25, 0.3) is 0 Å². The van der Waals surface area contributed by atoms with Gasteiger partial charge in [-0.1, -0.05) is 6.07 Å². The molecule has 0 aliphatic carbocycles. The topological polar surface area (TPSA) is 60.7 Å². The van der Waals surface area contributed by atoms with E-state index in [-0.39, 0.29) is 12.3 Å². The molecule has 2 aliphatic heterocycles. The molecule has 0 bridgehead atoms. The Balaban J connectivity index is 1.39. The van der Waals surface area contributed by atoms with Crippen LogP contribution in [-0.2, 0) is 13.1 Å². The molecule has 7 heteroatoms. The van der Waals surface area contributed by atoms with Crippen LogP contribution in [0.15, 0.2) is 30.6 Å². The molecule has 28 heavy (non-hydrogen) atoms. The number of anilines is 1. The van der Waals surface area contributed by atoms with Crippen molar-refractivity contribution in [1.82, 2.24) is 24.6 Å². The summed E-state index contributed by atoms with van der Waals surface area (Å²) in [6, 6.07) is 6.08. The van der Waals surface area contributed by atoms with Crippen LogP contribution in [0.1, 0.15) is 31.0 Å². The summed E-state index contributed by atoms with van der Waals surface area (Å²) in [4.78, 5) is 12.0. The second-order valence-electron chi connectivity index (χ2n) is 7.92. The third kappa shape index (κ3) is 4.06. The van der Waals surface area contributed by atoms with Gasteiger partial charge in [-0.05, 0) is 32.4 Å². The highest BCUT2D eigenvalue weighted by molar-refractivity contribution is 5.39. The van der Waals surface area contributed by atoms with Crippen molar-refractivity contribution in [3.63, 3.8) is 0 Å². The number of aryl methyl sites for hydroxylation is 1. The van der Waals surface area contributed by atoms with E-state index in [0.717, 1.165) is 64.5 Å². The monoisotopic (exact) mass is 384 g/mol. The van der Waals surface area contributed by atoms with E-state index in [0.29, 0.717) is 0 Å².